The summed E-state index contributed by atoms with van der Waals surface area (Å²) in [5, 5.41) is 0. The third-order valence-corrected chi connectivity index (χ3v) is 3.56. The van der Waals surface area contributed by atoms with Crippen LogP contribution in [0.5, 0.6) is 0 Å². The number of hydrogen-bond acceptors (Lipinski definition) is 3. The van der Waals surface area contributed by atoms with Gasteiger partial charge in [-0.1, -0.05) is 6.07 Å². The van der Waals surface area contributed by atoms with Crippen LogP contribution in [0.1, 0.15) is 25.5 Å². The zero-order chi connectivity index (χ0) is 14.0. The molecule has 1 aliphatic heterocycles. The Morgan fingerprint density at radius 2 is 1.95 bits per heavy atom. The summed E-state index contributed by atoms with van der Waals surface area (Å²) in [4.78, 5) is 15.0. The minimum Gasteiger partial charge on any atom is -0.366 e. The highest BCUT2D eigenvalue weighted by Crippen LogP contribution is 2.23. The van der Waals surface area contributed by atoms with E-state index in [0.717, 1.165) is 5.56 Å². The van der Waals surface area contributed by atoms with Gasteiger partial charge in [0.1, 0.15) is 5.82 Å². The molecule has 2 rings (SSSR count). The van der Waals surface area contributed by atoms with Gasteiger partial charge in [-0.15, -0.1) is 0 Å². The number of anilines is 1. The predicted octanol–water partition coefficient (Wildman–Crippen LogP) is 1.51. The quantitative estimate of drug-likeness (QED) is 0.882. The highest BCUT2D eigenvalue weighted by Gasteiger charge is 2.21. The summed E-state index contributed by atoms with van der Waals surface area (Å²) < 4.78 is 14.1. The van der Waals surface area contributed by atoms with Crippen LogP contribution in [-0.2, 0) is 4.79 Å². The van der Waals surface area contributed by atoms with Crippen molar-refractivity contribution in [2.45, 2.75) is 19.9 Å². The van der Waals surface area contributed by atoms with Gasteiger partial charge in [0.15, 0.2) is 0 Å². The topological polar surface area (TPSA) is 49.6 Å². The second kappa shape index (κ2) is 5.57. The molecule has 1 amide bonds. The number of piperazine rings is 1. The predicted molar refractivity (Wildman–Crippen MR) is 73.5 cm³/mol. The van der Waals surface area contributed by atoms with E-state index in [4.69, 9.17) is 5.73 Å². The largest absolute Gasteiger partial charge is 0.366 e. The van der Waals surface area contributed by atoms with Crippen LogP contribution < -0.4 is 10.6 Å². The van der Waals surface area contributed by atoms with Crippen molar-refractivity contribution < 1.29 is 9.18 Å². The molecular weight excluding hydrogens is 245 g/mol. The number of halogens is 1. The molecule has 1 saturated heterocycles. The van der Waals surface area contributed by atoms with E-state index in [1.807, 2.05) is 17.9 Å². The number of hydrogen-bond donors (Lipinski definition) is 1. The molecule has 0 radical (unpaired) electrons. The Morgan fingerprint density at radius 3 is 2.42 bits per heavy atom. The fourth-order valence-electron chi connectivity index (χ4n) is 2.33. The molecular formula is C14H20FN3O. The SMILES string of the molecule is CC(=O)N1CCN(c2ccc([C@@H](C)N)cc2F)CC1. The molecule has 1 heterocycles. The molecule has 0 saturated carbocycles. The molecule has 4 nitrogen and oxygen atoms in total. The number of rotatable bonds is 2. The zero-order valence-corrected chi connectivity index (χ0v) is 11.4. The van der Waals surface area contributed by atoms with E-state index in [0.29, 0.717) is 31.9 Å². The molecule has 0 aromatic heterocycles. The first-order valence-corrected chi connectivity index (χ1v) is 6.54. The van der Waals surface area contributed by atoms with Gasteiger partial charge < -0.3 is 15.5 Å². The van der Waals surface area contributed by atoms with Crippen molar-refractivity contribution in [3.8, 4) is 0 Å². The molecule has 104 valence electrons. The number of carbonyl (C=O) groups excluding carboxylic acids is 1. The third-order valence-electron chi connectivity index (χ3n) is 3.56. The average Bonchev–Trinajstić information content (AvgIpc) is 2.38. The lowest BCUT2D eigenvalue weighted by Gasteiger charge is -2.35. The maximum absolute atomic E-state index is 14.1. The molecule has 1 atom stereocenters. The second-order valence-electron chi connectivity index (χ2n) is 4.99. The first kappa shape index (κ1) is 13.8. The van der Waals surface area contributed by atoms with Crippen molar-refractivity contribution in [2.24, 2.45) is 5.73 Å². The normalized spacial score (nSPS) is 17.5. The van der Waals surface area contributed by atoms with E-state index < -0.39 is 0 Å². The first-order valence-electron chi connectivity index (χ1n) is 6.54. The Hall–Kier alpha value is -1.62. The first-order chi connectivity index (χ1) is 8.99. The summed E-state index contributed by atoms with van der Waals surface area (Å²) in [6, 6.07) is 4.97. The molecule has 19 heavy (non-hydrogen) atoms. The fourth-order valence-corrected chi connectivity index (χ4v) is 2.33. The van der Waals surface area contributed by atoms with E-state index in [-0.39, 0.29) is 17.8 Å². The van der Waals surface area contributed by atoms with Crippen LogP contribution in [0.15, 0.2) is 18.2 Å². The van der Waals surface area contributed by atoms with Gasteiger partial charge in [0.05, 0.1) is 5.69 Å². The van der Waals surface area contributed by atoms with Gasteiger partial charge in [-0.25, -0.2) is 4.39 Å². The molecule has 0 unspecified atom stereocenters. The van der Waals surface area contributed by atoms with Crippen molar-refractivity contribution in [3.63, 3.8) is 0 Å². The average molecular weight is 265 g/mol. The van der Waals surface area contributed by atoms with Gasteiger partial charge in [-0.3, -0.25) is 4.79 Å². The smallest absolute Gasteiger partial charge is 0.219 e. The fraction of sp³-hybridized carbons (Fsp3) is 0.500. The molecule has 2 N–H and O–H groups in total. The van der Waals surface area contributed by atoms with Crippen molar-refractivity contribution in [3.05, 3.63) is 29.6 Å². The highest BCUT2D eigenvalue weighted by molar-refractivity contribution is 5.73. The zero-order valence-electron chi connectivity index (χ0n) is 11.4. The maximum atomic E-state index is 14.1. The molecule has 1 aliphatic rings. The summed E-state index contributed by atoms with van der Waals surface area (Å²) in [5.74, 6) is -0.168. The Balaban J connectivity index is 2.09. The van der Waals surface area contributed by atoms with Crippen LogP contribution >= 0.6 is 0 Å². The molecule has 0 aliphatic carbocycles. The van der Waals surface area contributed by atoms with Gasteiger partial charge in [-0.2, -0.15) is 0 Å². The monoisotopic (exact) mass is 265 g/mol. The second-order valence-corrected chi connectivity index (χ2v) is 4.99. The molecule has 5 heteroatoms. The van der Waals surface area contributed by atoms with Crippen molar-refractivity contribution in [2.75, 3.05) is 31.1 Å². The standard InChI is InChI=1S/C14H20FN3O/c1-10(16)12-3-4-14(13(15)9-12)18-7-5-17(6-8-18)11(2)19/h3-4,9-10H,5-8,16H2,1-2H3/t10-/m1/s1. The van der Waals surface area contributed by atoms with Crippen LogP contribution in [0.4, 0.5) is 10.1 Å². The number of nitrogens with zero attached hydrogens (tertiary/aromatic N) is 2. The molecule has 0 bridgehead atoms. The number of benzene rings is 1. The Labute approximate surface area is 113 Å². The third kappa shape index (κ3) is 3.04. The lowest BCUT2D eigenvalue weighted by molar-refractivity contribution is -0.129. The van der Waals surface area contributed by atoms with E-state index in [1.165, 1.54) is 6.07 Å². The van der Waals surface area contributed by atoms with Gasteiger partial charge in [0, 0.05) is 39.1 Å². The lowest BCUT2D eigenvalue weighted by atomic mass is 10.1. The number of amides is 1. The summed E-state index contributed by atoms with van der Waals surface area (Å²) in [5.41, 5.74) is 7.12. The van der Waals surface area contributed by atoms with Gasteiger partial charge in [0.25, 0.3) is 0 Å². The molecule has 0 spiro atoms. The van der Waals surface area contributed by atoms with Gasteiger partial charge in [0.2, 0.25) is 5.91 Å². The summed E-state index contributed by atoms with van der Waals surface area (Å²) >= 11 is 0. The number of nitrogens with two attached hydrogens (primary N) is 1. The van der Waals surface area contributed by atoms with Crippen molar-refractivity contribution >= 4 is 11.6 Å². The lowest BCUT2D eigenvalue weighted by Crippen LogP contribution is -2.48. The van der Waals surface area contributed by atoms with E-state index in [1.54, 1.807) is 17.9 Å². The van der Waals surface area contributed by atoms with Crippen LogP contribution in [0.3, 0.4) is 0 Å². The van der Waals surface area contributed by atoms with Crippen LogP contribution in [-0.4, -0.2) is 37.0 Å². The molecule has 1 aromatic carbocycles. The van der Waals surface area contributed by atoms with E-state index in [9.17, 15) is 9.18 Å². The Kier molecular flexibility index (Phi) is 4.04. The van der Waals surface area contributed by atoms with Crippen molar-refractivity contribution in [1.82, 2.24) is 4.90 Å². The highest BCUT2D eigenvalue weighted by atomic mass is 19.1. The van der Waals surface area contributed by atoms with Crippen LogP contribution in [0.2, 0.25) is 0 Å². The Bertz CT molecular complexity index is 468. The van der Waals surface area contributed by atoms with Crippen LogP contribution in [0, 0.1) is 5.82 Å². The Morgan fingerprint density at radius 1 is 1.32 bits per heavy atom. The van der Waals surface area contributed by atoms with Crippen molar-refractivity contribution in [1.29, 1.82) is 0 Å². The minimum atomic E-state index is -0.244. The van der Waals surface area contributed by atoms with E-state index >= 15 is 0 Å². The molecule has 1 fully saturated rings. The number of carbonyl (C=O) groups is 1. The summed E-state index contributed by atoms with van der Waals surface area (Å²) in [6.07, 6.45) is 0. The maximum Gasteiger partial charge on any atom is 0.219 e. The minimum absolute atomic E-state index is 0.0763. The van der Waals surface area contributed by atoms with Gasteiger partial charge >= 0.3 is 0 Å². The van der Waals surface area contributed by atoms with Crippen LogP contribution in [0.25, 0.3) is 0 Å². The van der Waals surface area contributed by atoms with Gasteiger partial charge in [-0.05, 0) is 24.6 Å². The van der Waals surface area contributed by atoms with E-state index in [2.05, 4.69) is 0 Å². The summed E-state index contributed by atoms with van der Waals surface area (Å²) in [7, 11) is 0. The summed E-state index contributed by atoms with van der Waals surface area (Å²) in [6.45, 7) is 6.00. The molecule has 1 aromatic rings.